The molecule has 4 atom stereocenters. The van der Waals surface area contributed by atoms with Crippen LogP contribution < -0.4 is 5.73 Å². The summed E-state index contributed by atoms with van der Waals surface area (Å²) in [5, 5.41) is 0. The molecule has 19 heavy (non-hydrogen) atoms. The average Bonchev–Trinajstić information content (AvgIpc) is 2.39. The van der Waals surface area contributed by atoms with Gasteiger partial charge in [-0.3, -0.25) is 9.88 Å². The number of aromatic nitrogens is 1. The first-order valence-electron chi connectivity index (χ1n) is 7.17. The van der Waals surface area contributed by atoms with Crippen LogP contribution in [0.2, 0.25) is 0 Å². The smallest absolute Gasteiger partial charge is 0.0678 e. The van der Waals surface area contributed by atoms with Gasteiger partial charge in [0.05, 0.1) is 23.9 Å². The largest absolute Gasteiger partial charge is 0.373 e. The lowest BCUT2D eigenvalue weighted by Gasteiger charge is -2.41. The van der Waals surface area contributed by atoms with E-state index in [2.05, 4.69) is 36.7 Å². The predicted molar refractivity (Wildman–Crippen MR) is 76.8 cm³/mol. The summed E-state index contributed by atoms with van der Waals surface area (Å²) in [7, 11) is 0. The van der Waals surface area contributed by atoms with Crippen molar-refractivity contribution in [1.82, 2.24) is 9.88 Å². The number of ether oxygens (including phenoxy) is 1. The zero-order valence-electron chi connectivity index (χ0n) is 12.1. The second-order valence-corrected chi connectivity index (χ2v) is 5.48. The lowest BCUT2D eigenvalue weighted by Crippen LogP contribution is -2.51. The van der Waals surface area contributed by atoms with E-state index < -0.39 is 0 Å². The molecule has 0 aliphatic carbocycles. The number of morpholine rings is 1. The summed E-state index contributed by atoms with van der Waals surface area (Å²) in [5.41, 5.74) is 7.42. The van der Waals surface area contributed by atoms with Gasteiger partial charge in [0.15, 0.2) is 0 Å². The van der Waals surface area contributed by atoms with E-state index in [-0.39, 0.29) is 24.3 Å². The molecule has 2 heterocycles. The van der Waals surface area contributed by atoms with Gasteiger partial charge in [0.25, 0.3) is 0 Å². The standard InChI is InChI=1S/C15H25N3O/c1-4-13(16)15(14-7-5-6-8-17-14)18-9-11(2)19-12(3)10-18/h5-8,11-13,15H,4,9-10,16H2,1-3H3/t11-,12+,13?,15?. The SMILES string of the molecule is CCC(N)C(c1ccccn1)N1C[C@@H](C)O[C@@H](C)C1. The molecule has 0 radical (unpaired) electrons. The Bertz CT molecular complexity index is 374. The van der Waals surface area contributed by atoms with E-state index in [0.29, 0.717) is 0 Å². The summed E-state index contributed by atoms with van der Waals surface area (Å²) in [6.07, 6.45) is 3.29. The lowest BCUT2D eigenvalue weighted by atomic mass is 9.99. The van der Waals surface area contributed by atoms with Crippen LogP contribution in [0.15, 0.2) is 24.4 Å². The Balaban J connectivity index is 2.23. The minimum atomic E-state index is 0.104. The highest BCUT2D eigenvalue weighted by Crippen LogP contribution is 2.27. The van der Waals surface area contributed by atoms with Gasteiger partial charge in [-0.15, -0.1) is 0 Å². The van der Waals surface area contributed by atoms with Crippen LogP contribution in [-0.2, 0) is 4.74 Å². The van der Waals surface area contributed by atoms with Crippen LogP contribution in [-0.4, -0.2) is 41.2 Å². The second kappa shape index (κ2) is 6.46. The number of hydrogen-bond acceptors (Lipinski definition) is 4. The molecule has 2 unspecified atom stereocenters. The van der Waals surface area contributed by atoms with Crippen LogP contribution in [0, 0.1) is 0 Å². The molecule has 1 fully saturated rings. The van der Waals surface area contributed by atoms with E-state index in [9.17, 15) is 0 Å². The Kier molecular flexibility index (Phi) is 4.91. The van der Waals surface area contributed by atoms with Crippen LogP contribution in [0.25, 0.3) is 0 Å². The normalized spacial score (nSPS) is 28.0. The summed E-state index contributed by atoms with van der Waals surface area (Å²) in [6, 6.07) is 6.34. The summed E-state index contributed by atoms with van der Waals surface area (Å²) in [4.78, 5) is 6.94. The first-order chi connectivity index (χ1) is 9.11. The van der Waals surface area contributed by atoms with Gasteiger partial charge in [0, 0.05) is 25.3 Å². The van der Waals surface area contributed by atoms with Crippen LogP contribution >= 0.6 is 0 Å². The summed E-state index contributed by atoms with van der Waals surface area (Å²) < 4.78 is 5.81. The molecule has 1 saturated heterocycles. The third-order valence-corrected chi connectivity index (χ3v) is 3.71. The van der Waals surface area contributed by atoms with E-state index in [4.69, 9.17) is 10.5 Å². The molecule has 0 aromatic carbocycles. The van der Waals surface area contributed by atoms with E-state index >= 15 is 0 Å². The minimum absolute atomic E-state index is 0.104. The molecular formula is C15H25N3O. The van der Waals surface area contributed by atoms with Gasteiger partial charge in [-0.25, -0.2) is 0 Å². The lowest BCUT2D eigenvalue weighted by molar-refractivity contribution is -0.0843. The molecule has 0 amide bonds. The summed E-state index contributed by atoms with van der Waals surface area (Å²) >= 11 is 0. The molecule has 1 aromatic heterocycles. The molecule has 4 heteroatoms. The fourth-order valence-corrected chi connectivity index (χ4v) is 2.90. The van der Waals surface area contributed by atoms with Gasteiger partial charge in [-0.2, -0.15) is 0 Å². The molecule has 2 N–H and O–H groups in total. The van der Waals surface area contributed by atoms with Crippen molar-refractivity contribution in [2.75, 3.05) is 13.1 Å². The Morgan fingerprint density at radius 1 is 1.37 bits per heavy atom. The van der Waals surface area contributed by atoms with Gasteiger partial charge in [0.1, 0.15) is 0 Å². The van der Waals surface area contributed by atoms with Crippen molar-refractivity contribution in [2.45, 2.75) is 51.5 Å². The van der Waals surface area contributed by atoms with Crippen molar-refractivity contribution in [2.24, 2.45) is 5.73 Å². The first-order valence-corrected chi connectivity index (χ1v) is 7.17. The molecule has 1 aromatic rings. The fourth-order valence-electron chi connectivity index (χ4n) is 2.90. The number of nitrogens with zero attached hydrogens (tertiary/aromatic N) is 2. The van der Waals surface area contributed by atoms with Crippen molar-refractivity contribution in [3.63, 3.8) is 0 Å². The number of rotatable bonds is 4. The number of nitrogens with two attached hydrogens (primary N) is 1. The van der Waals surface area contributed by atoms with E-state index in [0.717, 1.165) is 25.2 Å². The second-order valence-electron chi connectivity index (χ2n) is 5.48. The Hall–Kier alpha value is -0.970. The third-order valence-electron chi connectivity index (χ3n) is 3.71. The van der Waals surface area contributed by atoms with Gasteiger partial charge < -0.3 is 10.5 Å². The molecule has 1 aliphatic heterocycles. The molecule has 106 valence electrons. The van der Waals surface area contributed by atoms with Crippen LogP contribution in [0.4, 0.5) is 0 Å². The maximum Gasteiger partial charge on any atom is 0.0678 e. The number of hydrogen-bond donors (Lipinski definition) is 1. The maximum atomic E-state index is 6.35. The van der Waals surface area contributed by atoms with Gasteiger partial charge in [-0.1, -0.05) is 13.0 Å². The highest BCUT2D eigenvalue weighted by atomic mass is 16.5. The van der Waals surface area contributed by atoms with Crippen LogP contribution in [0.3, 0.4) is 0 Å². The molecule has 0 saturated carbocycles. The van der Waals surface area contributed by atoms with Crippen molar-refractivity contribution >= 4 is 0 Å². The average molecular weight is 263 g/mol. The van der Waals surface area contributed by atoms with E-state index in [1.165, 1.54) is 0 Å². The fraction of sp³-hybridized carbons (Fsp3) is 0.667. The zero-order chi connectivity index (χ0) is 13.8. The molecule has 4 nitrogen and oxygen atoms in total. The topological polar surface area (TPSA) is 51.4 Å². The monoisotopic (exact) mass is 263 g/mol. The van der Waals surface area contributed by atoms with Crippen molar-refractivity contribution in [3.05, 3.63) is 30.1 Å². The van der Waals surface area contributed by atoms with E-state index in [1.807, 2.05) is 18.3 Å². The van der Waals surface area contributed by atoms with Crippen LogP contribution in [0.5, 0.6) is 0 Å². The molecule has 0 bridgehead atoms. The molecule has 2 rings (SSSR count). The van der Waals surface area contributed by atoms with Crippen LogP contribution in [0.1, 0.15) is 38.9 Å². The summed E-state index contributed by atoms with van der Waals surface area (Å²) in [5.74, 6) is 0. The predicted octanol–water partition coefficient (Wildman–Crippen LogP) is 1.97. The van der Waals surface area contributed by atoms with Gasteiger partial charge in [-0.05, 0) is 32.4 Å². The third kappa shape index (κ3) is 3.53. The molecular weight excluding hydrogens is 238 g/mol. The Morgan fingerprint density at radius 2 is 2.05 bits per heavy atom. The Morgan fingerprint density at radius 3 is 2.58 bits per heavy atom. The molecule has 1 aliphatic rings. The van der Waals surface area contributed by atoms with Crippen molar-refractivity contribution < 1.29 is 4.74 Å². The van der Waals surface area contributed by atoms with Gasteiger partial charge >= 0.3 is 0 Å². The molecule has 0 spiro atoms. The van der Waals surface area contributed by atoms with Crippen molar-refractivity contribution in [3.8, 4) is 0 Å². The minimum Gasteiger partial charge on any atom is -0.373 e. The van der Waals surface area contributed by atoms with Gasteiger partial charge in [0.2, 0.25) is 0 Å². The van der Waals surface area contributed by atoms with Crippen molar-refractivity contribution in [1.29, 1.82) is 0 Å². The Labute approximate surface area is 116 Å². The number of pyridine rings is 1. The van der Waals surface area contributed by atoms with E-state index in [1.54, 1.807) is 0 Å². The quantitative estimate of drug-likeness (QED) is 0.902. The zero-order valence-corrected chi connectivity index (χ0v) is 12.1. The first kappa shape index (κ1) is 14.4. The maximum absolute atomic E-state index is 6.35. The summed E-state index contributed by atoms with van der Waals surface area (Å²) in [6.45, 7) is 8.21. The highest BCUT2D eigenvalue weighted by Gasteiger charge is 2.32. The highest BCUT2D eigenvalue weighted by molar-refractivity contribution is 5.12.